The molecule has 0 bridgehead atoms. The van der Waals surface area contributed by atoms with E-state index < -0.39 is 0 Å². The molecule has 0 unspecified atom stereocenters. The quantitative estimate of drug-likeness (QED) is 0.644. The molecule has 1 aromatic heterocycles. The lowest BCUT2D eigenvalue weighted by Crippen LogP contribution is -2.36. The number of benzene rings is 1. The molecule has 0 aliphatic heterocycles. The van der Waals surface area contributed by atoms with Crippen molar-refractivity contribution in [2.45, 2.75) is 46.2 Å². The third-order valence-corrected chi connectivity index (χ3v) is 3.81. The van der Waals surface area contributed by atoms with Crippen molar-refractivity contribution in [3.8, 4) is 5.75 Å². The molecule has 2 aromatic rings. The van der Waals surface area contributed by atoms with E-state index in [1.807, 2.05) is 13.0 Å². The predicted octanol–water partition coefficient (Wildman–Crippen LogP) is 3.15. The van der Waals surface area contributed by atoms with Gasteiger partial charge < -0.3 is 19.8 Å². The highest BCUT2D eigenvalue weighted by atomic mass is 16.5. The number of methoxy groups -OCH3 is 1. The molecule has 136 valence electrons. The Morgan fingerprint density at radius 2 is 1.96 bits per heavy atom. The summed E-state index contributed by atoms with van der Waals surface area (Å²) in [4.78, 5) is 8.54. The molecular formula is C19H28N4O2. The average Bonchev–Trinajstić information content (AvgIpc) is 3.05. The Hall–Kier alpha value is -2.50. The highest BCUT2D eigenvalue weighted by molar-refractivity contribution is 5.79. The van der Waals surface area contributed by atoms with Crippen LogP contribution in [-0.4, -0.2) is 25.1 Å². The van der Waals surface area contributed by atoms with E-state index in [1.54, 1.807) is 20.4 Å². The molecular weight excluding hydrogens is 316 g/mol. The van der Waals surface area contributed by atoms with Gasteiger partial charge in [-0.15, -0.1) is 0 Å². The number of oxazole rings is 1. The van der Waals surface area contributed by atoms with Gasteiger partial charge in [0.2, 0.25) is 5.89 Å². The molecule has 1 aromatic carbocycles. The molecule has 0 saturated heterocycles. The highest BCUT2D eigenvalue weighted by Crippen LogP contribution is 2.22. The molecule has 0 aliphatic carbocycles. The molecule has 0 spiro atoms. The number of hydrogen-bond donors (Lipinski definition) is 2. The van der Waals surface area contributed by atoms with Gasteiger partial charge in [0.05, 0.1) is 19.9 Å². The van der Waals surface area contributed by atoms with Crippen LogP contribution in [0.1, 0.15) is 43.5 Å². The van der Waals surface area contributed by atoms with E-state index in [1.165, 1.54) is 5.56 Å². The van der Waals surface area contributed by atoms with Gasteiger partial charge in [-0.1, -0.05) is 32.9 Å². The summed E-state index contributed by atoms with van der Waals surface area (Å²) in [5.41, 5.74) is 2.19. The van der Waals surface area contributed by atoms with E-state index in [-0.39, 0.29) is 5.41 Å². The summed E-state index contributed by atoms with van der Waals surface area (Å²) >= 11 is 0. The number of aliphatic imine (C=N–C) groups is 1. The zero-order chi connectivity index (χ0) is 18.4. The minimum absolute atomic E-state index is 0.0484. The Balaban J connectivity index is 1.92. The first-order valence-corrected chi connectivity index (χ1v) is 8.36. The van der Waals surface area contributed by atoms with Gasteiger partial charge in [0.1, 0.15) is 11.5 Å². The van der Waals surface area contributed by atoms with Crippen LogP contribution < -0.4 is 15.4 Å². The molecule has 0 atom stereocenters. The van der Waals surface area contributed by atoms with Crippen LogP contribution in [-0.2, 0) is 18.5 Å². The summed E-state index contributed by atoms with van der Waals surface area (Å²) in [6.45, 7) is 9.42. The Morgan fingerprint density at radius 3 is 2.56 bits per heavy atom. The fourth-order valence-corrected chi connectivity index (χ4v) is 2.30. The van der Waals surface area contributed by atoms with Crippen LogP contribution in [0.2, 0.25) is 0 Å². The van der Waals surface area contributed by atoms with Crippen LogP contribution in [0.15, 0.2) is 33.8 Å². The normalized spacial score (nSPS) is 12.2. The number of rotatable bonds is 5. The van der Waals surface area contributed by atoms with Crippen LogP contribution in [0.4, 0.5) is 0 Å². The van der Waals surface area contributed by atoms with Gasteiger partial charge in [-0.25, -0.2) is 4.98 Å². The van der Waals surface area contributed by atoms with Gasteiger partial charge in [-0.3, -0.25) is 4.99 Å². The Bertz CT molecular complexity index is 729. The molecule has 6 heteroatoms. The largest absolute Gasteiger partial charge is 0.496 e. The number of guanidine groups is 1. The van der Waals surface area contributed by atoms with Gasteiger partial charge in [0, 0.05) is 24.6 Å². The number of ether oxygens (including phenoxy) is 1. The number of nitrogens with one attached hydrogen (secondary N) is 2. The molecule has 0 amide bonds. The second-order valence-corrected chi connectivity index (χ2v) is 6.96. The molecule has 25 heavy (non-hydrogen) atoms. The standard InChI is InChI=1S/C19H28N4O2/c1-13-7-8-14(15(9-13)24-6)10-22-18(20-5)23-12-17-21-11-16(25-17)19(2,3)4/h7-9,11H,10,12H2,1-6H3,(H2,20,22,23). The Morgan fingerprint density at radius 1 is 1.24 bits per heavy atom. The lowest BCUT2D eigenvalue weighted by Gasteiger charge is -2.14. The Labute approximate surface area is 149 Å². The maximum Gasteiger partial charge on any atom is 0.213 e. The molecule has 6 nitrogen and oxygen atoms in total. The van der Waals surface area contributed by atoms with Crippen molar-refractivity contribution >= 4 is 5.96 Å². The fourth-order valence-electron chi connectivity index (χ4n) is 2.30. The summed E-state index contributed by atoms with van der Waals surface area (Å²) in [6.07, 6.45) is 1.78. The molecule has 0 aliphatic rings. The van der Waals surface area contributed by atoms with Crippen molar-refractivity contribution in [1.29, 1.82) is 0 Å². The molecule has 0 radical (unpaired) electrons. The number of nitrogens with zero attached hydrogens (tertiary/aromatic N) is 2. The maximum atomic E-state index is 5.78. The SMILES string of the molecule is CN=C(NCc1ncc(C(C)(C)C)o1)NCc1ccc(C)cc1OC. The Kier molecular flexibility index (Phi) is 6.07. The monoisotopic (exact) mass is 344 g/mol. The summed E-state index contributed by atoms with van der Waals surface area (Å²) in [6, 6.07) is 6.14. The smallest absolute Gasteiger partial charge is 0.213 e. The van der Waals surface area contributed by atoms with E-state index in [0.717, 1.165) is 17.1 Å². The van der Waals surface area contributed by atoms with Crippen LogP contribution >= 0.6 is 0 Å². The van der Waals surface area contributed by atoms with Crippen molar-refractivity contribution in [3.63, 3.8) is 0 Å². The molecule has 2 N–H and O–H groups in total. The molecule has 1 heterocycles. The van der Waals surface area contributed by atoms with Gasteiger partial charge in [-0.2, -0.15) is 0 Å². The lowest BCUT2D eigenvalue weighted by molar-refractivity contribution is 0.379. The molecule has 0 fully saturated rings. The van der Waals surface area contributed by atoms with E-state index in [4.69, 9.17) is 9.15 Å². The summed E-state index contributed by atoms with van der Waals surface area (Å²) in [5, 5.41) is 6.49. The summed E-state index contributed by atoms with van der Waals surface area (Å²) in [7, 11) is 3.42. The second kappa shape index (κ2) is 8.05. The topological polar surface area (TPSA) is 71.7 Å². The van der Waals surface area contributed by atoms with E-state index in [9.17, 15) is 0 Å². The minimum Gasteiger partial charge on any atom is -0.496 e. The van der Waals surface area contributed by atoms with E-state index >= 15 is 0 Å². The van der Waals surface area contributed by atoms with Crippen molar-refractivity contribution in [2.24, 2.45) is 4.99 Å². The zero-order valence-corrected chi connectivity index (χ0v) is 15.9. The fraction of sp³-hybridized carbons (Fsp3) is 0.474. The van der Waals surface area contributed by atoms with E-state index in [2.05, 4.69) is 53.5 Å². The zero-order valence-electron chi connectivity index (χ0n) is 15.9. The van der Waals surface area contributed by atoms with Crippen molar-refractivity contribution < 1.29 is 9.15 Å². The maximum absolute atomic E-state index is 5.78. The number of aromatic nitrogens is 1. The number of hydrogen-bond acceptors (Lipinski definition) is 4. The van der Waals surface area contributed by atoms with Crippen LogP contribution in [0, 0.1) is 6.92 Å². The highest BCUT2D eigenvalue weighted by Gasteiger charge is 2.19. The molecule has 0 saturated carbocycles. The summed E-state index contributed by atoms with van der Waals surface area (Å²) < 4.78 is 11.2. The van der Waals surface area contributed by atoms with Crippen LogP contribution in [0.25, 0.3) is 0 Å². The van der Waals surface area contributed by atoms with Crippen molar-refractivity contribution in [1.82, 2.24) is 15.6 Å². The first kappa shape index (κ1) is 18.8. The second-order valence-electron chi connectivity index (χ2n) is 6.96. The minimum atomic E-state index is -0.0484. The van der Waals surface area contributed by atoms with Crippen LogP contribution in [0.5, 0.6) is 5.75 Å². The van der Waals surface area contributed by atoms with Gasteiger partial charge >= 0.3 is 0 Å². The third kappa shape index (κ3) is 5.24. The van der Waals surface area contributed by atoms with Crippen LogP contribution in [0.3, 0.4) is 0 Å². The van der Waals surface area contributed by atoms with Gasteiger partial charge in [0.15, 0.2) is 5.96 Å². The third-order valence-electron chi connectivity index (χ3n) is 3.81. The summed E-state index contributed by atoms with van der Waals surface area (Å²) in [5.74, 6) is 3.06. The van der Waals surface area contributed by atoms with Crippen molar-refractivity contribution in [3.05, 3.63) is 47.2 Å². The first-order chi connectivity index (χ1) is 11.8. The van der Waals surface area contributed by atoms with E-state index in [0.29, 0.717) is 24.9 Å². The number of aryl methyl sites for hydroxylation is 1. The van der Waals surface area contributed by atoms with Crippen molar-refractivity contribution in [2.75, 3.05) is 14.2 Å². The predicted molar refractivity (Wildman–Crippen MR) is 100.0 cm³/mol. The van der Waals surface area contributed by atoms with Gasteiger partial charge in [-0.05, 0) is 18.6 Å². The first-order valence-electron chi connectivity index (χ1n) is 8.36. The molecule has 2 rings (SSSR count). The lowest BCUT2D eigenvalue weighted by atomic mass is 9.94. The average molecular weight is 344 g/mol. The van der Waals surface area contributed by atoms with Gasteiger partial charge in [0.25, 0.3) is 0 Å².